The number of carbonyl (C=O) groups is 1. The lowest BCUT2D eigenvalue weighted by molar-refractivity contribution is -0.142. The monoisotopic (exact) mass is 470 g/mol. The van der Waals surface area contributed by atoms with Gasteiger partial charge in [0.15, 0.2) is 0 Å². The fraction of sp³-hybridized carbons (Fsp3) is 0.440. The predicted molar refractivity (Wildman–Crippen MR) is 131 cm³/mol. The van der Waals surface area contributed by atoms with Gasteiger partial charge in [0.05, 0.1) is 12.2 Å². The molecule has 7 heteroatoms. The second-order valence-electron chi connectivity index (χ2n) is 8.49. The zero-order valence-electron chi connectivity index (χ0n) is 18.6. The van der Waals surface area contributed by atoms with Crippen LogP contribution in [0.3, 0.4) is 0 Å². The summed E-state index contributed by atoms with van der Waals surface area (Å²) >= 11 is 3.60. The zero-order chi connectivity index (χ0) is 22.5. The number of nitrogens with zero attached hydrogens (tertiary/aromatic N) is 2. The Morgan fingerprint density at radius 3 is 2.50 bits per heavy atom. The van der Waals surface area contributed by atoms with E-state index in [4.69, 9.17) is 14.9 Å². The van der Waals surface area contributed by atoms with Crippen LogP contribution in [0.2, 0.25) is 0 Å². The molecule has 1 aromatic carbocycles. The molecule has 1 aliphatic rings. The van der Waals surface area contributed by atoms with E-state index in [2.05, 4.69) is 54.3 Å². The summed E-state index contributed by atoms with van der Waals surface area (Å²) in [5.41, 5.74) is 3.46. The second-order valence-corrected chi connectivity index (χ2v) is 10.6. The quantitative estimate of drug-likeness (QED) is 0.376. The summed E-state index contributed by atoms with van der Waals surface area (Å²) in [4.78, 5) is 13.2. The highest BCUT2D eigenvalue weighted by Crippen LogP contribution is 2.42. The van der Waals surface area contributed by atoms with Crippen LogP contribution in [0, 0.1) is 18.8 Å². The van der Waals surface area contributed by atoms with E-state index in [1.54, 1.807) is 11.8 Å². The number of aromatic nitrogens is 2. The summed E-state index contributed by atoms with van der Waals surface area (Å²) in [7, 11) is 0. The molecule has 0 unspecified atom stereocenters. The number of ether oxygens (including phenoxy) is 1. The van der Waals surface area contributed by atoms with Gasteiger partial charge in [-0.25, -0.2) is 4.79 Å². The lowest BCUT2D eigenvalue weighted by Gasteiger charge is -2.28. The van der Waals surface area contributed by atoms with Crippen molar-refractivity contribution in [3.05, 3.63) is 47.3 Å². The number of benzene rings is 1. The fourth-order valence-corrected chi connectivity index (χ4v) is 6.22. The van der Waals surface area contributed by atoms with Gasteiger partial charge in [0.1, 0.15) is 17.3 Å². The van der Waals surface area contributed by atoms with Crippen molar-refractivity contribution in [2.75, 3.05) is 19.5 Å². The molecule has 0 atom stereocenters. The number of rotatable bonds is 9. The predicted octanol–water partition coefficient (Wildman–Crippen LogP) is 6.22. The van der Waals surface area contributed by atoms with Crippen LogP contribution < -0.4 is 0 Å². The van der Waals surface area contributed by atoms with Crippen molar-refractivity contribution >= 4 is 29.1 Å². The number of aryl methyl sites for hydroxylation is 1. The average Bonchev–Trinajstić information content (AvgIpc) is 3.38. The van der Waals surface area contributed by atoms with Crippen LogP contribution in [-0.2, 0) is 16.1 Å². The molecular formula is C25H30N2O3S2. The Kier molecular flexibility index (Phi) is 7.71. The van der Waals surface area contributed by atoms with E-state index in [0.29, 0.717) is 18.4 Å². The Morgan fingerprint density at radius 1 is 1.16 bits per heavy atom. The van der Waals surface area contributed by atoms with Crippen LogP contribution in [0.15, 0.2) is 47.5 Å². The Morgan fingerprint density at radius 2 is 1.88 bits per heavy atom. The highest BCUT2D eigenvalue weighted by molar-refractivity contribution is 7.98. The highest BCUT2D eigenvalue weighted by Gasteiger charge is 2.26. The number of hydrogen-bond donors (Lipinski definition) is 1. The molecule has 0 saturated heterocycles. The van der Waals surface area contributed by atoms with E-state index in [-0.39, 0.29) is 6.61 Å². The van der Waals surface area contributed by atoms with Crippen molar-refractivity contribution in [1.29, 1.82) is 0 Å². The SMILES string of the molecule is CSc1c(-c2ccc(C)s2)c(-c2ccccc2)nn1C[C@H]1CC[C@H](COCC(=O)O)CC1. The third-order valence-electron chi connectivity index (χ3n) is 6.11. The first-order chi connectivity index (χ1) is 15.5. The molecular weight excluding hydrogens is 440 g/mol. The molecule has 1 N–H and O–H groups in total. The van der Waals surface area contributed by atoms with Crippen LogP contribution in [0.25, 0.3) is 21.7 Å². The summed E-state index contributed by atoms with van der Waals surface area (Å²) in [6.45, 7) is 3.43. The smallest absolute Gasteiger partial charge is 0.329 e. The van der Waals surface area contributed by atoms with Gasteiger partial charge in [-0.2, -0.15) is 5.10 Å². The van der Waals surface area contributed by atoms with Crippen LogP contribution in [0.4, 0.5) is 0 Å². The number of thioether (sulfide) groups is 1. The first-order valence-electron chi connectivity index (χ1n) is 11.1. The van der Waals surface area contributed by atoms with Crippen molar-refractivity contribution in [2.45, 2.75) is 44.2 Å². The van der Waals surface area contributed by atoms with Gasteiger partial charge >= 0.3 is 5.97 Å². The minimum absolute atomic E-state index is 0.197. The minimum Gasteiger partial charge on any atom is -0.480 e. The largest absolute Gasteiger partial charge is 0.480 e. The Bertz CT molecular complexity index is 1040. The lowest BCUT2D eigenvalue weighted by Crippen LogP contribution is -2.23. The Hall–Kier alpha value is -2.09. The lowest BCUT2D eigenvalue weighted by atomic mass is 9.82. The number of carboxylic acid groups (broad SMARTS) is 1. The molecule has 5 nitrogen and oxygen atoms in total. The first-order valence-corrected chi connectivity index (χ1v) is 13.2. The Balaban J connectivity index is 1.53. The molecule has 2 aromatic heterocycles. The number of hydrogen-bond acceptors (Lipinski definition) is 5. The first kappa shape index (κ1) is 23.1. The van der Waals surface area contributed by atoms with Crippen molar-refractivity contribution in [3.63, 3.8) is 0 Å². The average molecular weight is 471 g/mol. The molecule has 0 radical (unpaired) electrons. The van der Waals surface area contributed by atoms with Gasteiger partial charge in [-0.3, -0.25) is 4.68 Å². The highest BCUT2D eigenvalue weighted by atomic mass is 32.2. The summed E-state index contributed by atoms with van der Waals surface area (Å²) in [5, 5.41) is 15.1. The van der Waals surface area contributed by atoms with E-state index in [0.717, 1.165) is 43.5 Å². The molecule has 0 spiro atoms. The molecule has 3 aromatic rings. The standard InChI is InChI=1S/C25H30N2O3S2/c1-17-8-13-21(32-17)23-24(20-6-4-3-5-7-20)26-27(25(23)31-2)14-18-9-11-19(12-10-18)15-30-16-22(28)29/h3-8,13,18-19H,9-12,14-16H2,1-2H3,(H,28,29)/t18-,19-. The van der Waals surface area contributed by atoms with Crippen LogP contribution in [0.1, 0.15) is 30.6 Å². The molecule has 0 amide bonds. The van der Waals surface area contributed by atoms with Crippen molar-refractivity contribution in [3.8, 4) is 21.7 Å². The normalized spacial score (nSPS) is 18.7. The van der Waals surface area contributed by atoms with Gasteiger partial charge in [-0.15, -0.1) is 23.1 Å². The minimum atomic E-state index is -0.895. The van der Waals surface area contributed by atoms with Crippen LogP contribution >= 0.6 is 23.1 Å². The third kappa shape index (κ3) is 5.45. The van der Waals surface area contributed by atoms with Crippen LogP contribution in [0.5, 0.6) is 0 Å². The van der Waals surface area contributed by atoms with Gasteiger partial charge in [0, 0.05) is 21.9 Å². The number of aliphatic carboxylic acids is 1. The van der Waals surface area contributed by atoms with Crippen molar-refractivity contribution < 1.29 is 14.6 Å². The molecule has 0 bridgehead atoms. The number of thiophene rings is 1. The molecule has 1 aliphatic carbocycles. The molecule has 1 fully saturated rings. The topological polar surface area (TPSA) is 64.4 Å². The van der Waals surface area contributed by atoms with Gasteiger partial charge in [0.25, 0.3) is 0 Å². The Labute approximate surface area is 197 Å². The van der Waals surface area contributed by atoms with E-state index < -0.39 is 5.97 Å². The molecule has 170 valence electrons. The maximum atomic E-state index is 10.7. The number of carboxylic acids is 1. The van der Waals surface area contributed by atoms with Gasteiger partial charge in [0.2, 0.25) is 0 Å². The van der Waals surface area contributed by atoms with Crippen LogP contribution in [-0.4, -0.2) is 40.3 Å². The van der Waals surface area contributed by atoms with Gasteiger partial charge < -0.3 is 9.84 Å². The third-order valence-corrected chi connectivity index (χ3v) is 7.93. The molecule has 0 aliphatic heterocycles. The van der Waals surface area contributed by atoms with E-state index in [9.17, 15) is 4.79 Å². The molecule has 2 heterocycles. The van der Waals surface area contributed by atoms with Gasteiger partial charge in [-0.05, 0) is 62.8 Å². The fourth-order valence-electron chi connectivity index (χ4n) is 4.50. The molecule has 1 saturated carbocycles. The van der Waals surface area contributed by atoms with E-state index >= 15 is 0 Å². The van der Waals surface area contributed by atoms with E-state index in [1.807, 2.05) is 17.4 Å². The van der Waals surface area contributed by atoms with E-state index in [1.165, 1.54) is 20.3 Å². The summed E-state index contributed by atoms with van der Waals surface area (Å²) in [6.07, 6.45) is 6.57. The summed E-state index contributed by atoms with van der Waals surface area (Å²) < 4.78 is 7.55. The molecule has 32 heavy (non-hydrogen) atoms. The summed E-state index contributed by atoms with van der Waals surface area (Å²) in [6, 6.07) is 14.9. The maximum Gasteiger partial charge on any atom is 0.329 e. The van der Waals surface area contributed by atoms with Crippen molar-refractivity contribution in [2.24, 2.45) is 11.8 Å². The summed E-state index contributed by atoms with van der Waals surface area (Å²) in [5.74, 6) is 0.152. The van der Waals surface area contributed by atoms with Gasteiger partial charge in [-0.1, -0.05) is 30.3 Å². The molecule has 4 rings (SSSR count). The van der Waals surface area contributed by atoms with Crippen molar-refractivity contribution in [1.82, 2.24) is 9.78 Å². The second kappa shape index (κ2) is 10.7. The zero-order valence-corrected chi connectivity index (χ0v) is 20.3. The maximum absolute atomic E-state index is 10.7.